The zero-order valence-corrected chi connectivity index (χ0v) is 14.6. The first kappa shape index (κ1) is 17.2. The third-order valence-electron chi connectivity index (χ3n) is 4.97. The fraction of sp³-hybridized carbons (Fsp3) is 0.632. The van der Waals surface area contributed by atoms with Gasteiger partial charge in [-0.1, -0.05) is 17.7 Å². The van der Waals surface area contributed by atoms with Crippen LogP contribution in [0.5, 0.6) is 5.75 Å². The monoisotopic (exact) mass is 332 g/mol. The molecule has 2 heterocycles. The van der Waals surface area contributed by atoms with Crippen molar-refractivity contribution in [2.45, 2.75) is 19.8 Å². The molecule has 0 saturated carbocycles. The van der Waals surface area contributed by atoms with Crippen molar-refractivity contribution in [3.8, 4) is 5.75 Å². The summed E-state index contributed by atoms with van der Waals surface area (Å²) in [6.45, 7) is 8.82. The molecule has 2 fully saturated rings. The van der Waals surface area contributed by atoms with Crippen LogP contribution >= 0.6 is 0 Å². The van der Waals surface area contributed by atoms with Crippen LogP contribution in [-0.4, -0.2) is 68.3 Å². The van der Waals surface area contributed by atoms with Crippen LogP contribution in [0.4, 0.5) is 0 Å². The maximum Gasteiger partial charge on any atom is 0.260 e. The van der Waals surface area contributed by atoms with Gasteiger partial charge in [-0.3, -0.25) is 9.69 Å². The molecule has 0 aromatic heterocycles. The van der Waals surface area contributed by atoms with Crippen LogP contribution in [0, 0.1) is 12.8 Å². The van der Waals surface area contributed by atoms with Crippen LogP contribution in [0.2, 0.25) is 0 Å². The smallest absolute Gasteiger partial charge is 0.260 e. The lowest BCUT2D eigenvalue weighted by molar-refractivity contribution is -0.134. The second kappa shape index (κ2) is 8.49. The van der Waals surface area contributed by atoms with Gasteiger partial charge in [0.15, 0.2) is 6.61 Å². The van der Waals surface area contributed by atoms with Crippen molar-refractivity contribution in [2.75, 3.05) is 52.5 Å². The summed E-state index contributed by atoms with van der Waals surface area (Å²) >= 11 is 0. The van der Waals surface area contributed by atoms with E-state index in [0.29, 0.717) is 5.92 Å². The predicted molar refractivity (Wildman–Crippen MR) is 93.2 cm³/mol. The number of carbonyl (C=O) groups is 1. The molecule has 5 heteroatoms. The highest BCUT2D eigenvalue weighted by molar-refractivity contribution is 5.77. The Balaban J connectivity index is 1.37. The number of carbonyl (C=O) groups excluding carboxylic acids is 1. The highest BCUT2D eigenvalue weighted by atomic mass is 16.5. The molecule has 1 amide bonds. The largest absolute Gasteiger partial charge is 0.484 e. The quantitative estimate of drug-likeness (QED) is 0.826. The molecule has 1 aromatic carbocycles. The van der Waals surface area contributed by atoms with Crippen molar-refractivity contribution in [1.29, 1.82) is 0 Å². The Labute approximate surface area is 144 Å². The maximum atomic E-state index is 12.3. The van der Waals surface area contributed by atoms with Crippen LogP contribution in [-0.2, 0) is 9.53 Å². The minimum atomic E-state index is 0.0976. The first-order valence-corrected chi connectivity index (χ1v) is 8.98. The molecular weight excluding hydrogens is 304 g/mol. The van der Waals surface area contributed by atoms with Gasteiger partial charge in [0.2, 0.25) is 0 Å². The van der Waals surface area contributed by atoms with E-state index < -0.39 is 0 Å². The summed E-state index contributed by atoms with van der Waals surface area (Å²) < 4.78 is 11.0. The number of morpholine rings is 1. The fourth-order valence-corrected chi connectivity index (χ4v) is 3.38. The molecule has 3 rings (SSSR count). The van der Waals surface area contributed by atoms with Gasteiger partial charge >= 0.3 is 0 Å². The Morgan fingerprint density at radius 2 is 1.79 bits per heavy atom. The third kappa shape index (κ3) is 4.95. The molecule has 1 aromatic rings. The number of likely N-dealkylation sites (tertiary alicyclic amines) is 1. The topological polar surface area (TPSA) is 42.0 Å². The molecule has 2 aliphatic rings. The standard InChI is InChI=1S/C19H28N2O3/c1-16-2-4-18(5-3-16)24-15-19(22)21-8-6-17(7-9-21)14-20-10-12-23-13-11-20/h2-5,17H,6-15H2,1H3. The van der Waals surface area contributed by atoms with Gasteiger partial charge in [0.25, 0.3) is 5.91 Å². The minimum Gasteiger partial charge on any atom is -0.484 e. The first-order chi connectivity index (χ1) is 11.7. The number of hydrogen-bond donors (Lipinski definition) is 0. The summed E-state index contributed by atoms with van der Waals surface area (Å²) in [5, 5.41) is 0. The lowest BCUT2D eigenvalue weighted by Gasteiger charge is -2.36. The van der Waals surface area contributed by atoms with Crippen LogP contribution < -0.4 is 4.74 Å². The first-order valence-electron chi connectivity index (χ1n) is 8.98. The van der Waals surface area contributed by atoms with Crippen LogP contribution in [0.25, 0.3) is 0 Å². The average Bonchev–Trinajstić information content (AvgIpc) is 2.62. The number of amides is 1. The zero-order chi connectivity index (χ0) is 16.8. The zero-order valence-electron chi connectivity index (χ0n) is 14.6. The number of hydrogen-bond acceptors (Lipinski definition) is 4. The molecule has 5 nitrogen and oxygen atoms in total. The predicted octanol–water partition coefficient (Wildman–Crippen LogP) is 1.94. The highest BCUT2D eigenvalue weighted by Crippen LogP contribution is 2.19. The summed E-state index contributed by atoms with van der Waals surface area (Å²) in [5.74, 6) is 1.56. The Morgan fingerprint density at radius 1 is 1.12 bits per heavy atom. The SMILES string of the molecule is Cc1ccc(OCC(=O)N2CCC(CN3CCOCC3)CC2)cc1. The Hall–Kier alpha value is -1.59. The van der Waals surface area contributed by atoms with Gasteiger partial charge in [0, 0.05) is 32.7 Å². The van der Waals surface area contributed by atoms with E-state index in [0.717, 1.165) is 64.5 Å². The second-order valence-corrected chi connectivity index (χ2v) is 6.84. The van der Waals surface area contributed by atoms with E-state index >= 15 is 0 Å². The number of benzene rings is 1. The van der Waals surface area contributed by atoms with Crippen molar-refractivity contribution in [3.05, 3.63) is 29.8 Å². The van der Waals surface area contributed by atoms with E-state index in [1.165, 1.54) is 5.56 Å². The van der Waals surface area contributed by atoms with Crippen molar-refractivity contribution in [1.82, 2.24) is 9.80 Å². The molecular formula is C19H28N2O3. The number of piperidine rings is 1. The van der Waals surface area contributed by atoms with Crippen molar-refractivity contribution in [3.63, 3.8) is 0 Å². The molecule has 2 saturated heterocycles. The van der Waals surface area contributed by atoms with E-state index in [1.807, 2.05) is 36.1 Å². The van der Waals surface area contributed by atoms with Gasteiger partial charge in [-0.05, 0) is 37.8 Å². The number of ether oxygens (including phenoxy) is 2. The molecule has 0 spiro atoms. The summed E-state index contributed by atoms with van der Waals surface area (Å²) in [4.78, 5) is 16.7. The van der Waals surface area contributed by atoms with Gasteiger partial charge in [0.1, 0.15) is 5.75 Å². The Bertz CT molecular complexity index is 518. The lowest BCUT2D eigenvalue weighted by Crippen LogP contribution is -2.45. The van der Waals surface area contributed by atoms with Crippen molar-refractivity contribution < 1.29 is 14.3 Å². The fourth-order valence-electron chi connectivity index (χ4n) is 3.38. The Morgan fingerprint density at radius 3 is 2.46 bits per heavy atom. The second-order valence-electron chi connectivity index (χ2n) is 6.84. The summed E-state index contributed by atoms with van der Waals surface area (Å²) in [7, 11) is 0. The van der Waals surface area contributed by atoms with Gasteiger partial charge in [-0.25, -0.2) is 0 Å². The Kier molecular flexibility index (Phi) is 6.10. The molecule has 0 atom stereocenters. The summed E-state index contributed by atoms with van der Waals surface area (Å²) in [6, 6.07) is 7.82. The highest BCUT2D eigenvalue weighted by Gasteiger charge is 2.25. The molecule has 0 N–H and O–H groups in total. The molecule has 0 unspecified atom stereocenters. The van der Waals surface area contributed by atoms with Crippen molar-refractivity contribution in [2.24, 2.45) is 5.92 Å². The summed E-state index contributed by atoms with van der Waals surface area (Å²) in [5.41, 5.74) is 1.19. The van der Waals surface area contributed by atoms with E-state index in [9.17, 15) is 4.79 Å². The van der Waals surface area contributed by atoms with E-state index in [4.69, 9.17) is 9.47 Å². The molecule has 0 bridgehead atoms. The van der Waals surface area contributed by atoms with Crippen molar-refractivity contribution >= 4 is 5.91 Å². The van der Waals surface area contributed by atoms with Gasteiger partial charge in [-0.2, -0.15) is 0 Å². The van der Waals surface area contributed by atoms with Crippen LogP contribution in [0.1, 0.15) is 18.4 Å². The van der Waals surface area contributed by atoms with E-state index in [2.05, 4.69) is 4.90 Å². The summed E-state index contributed by atoms with van der Waals surface area (Å²) in [6.07, 6.45) is 2.18. The van der Waals surface area contributed by atoms with Crippen LogP contribution in [0.15, 0.2) is 24.3 Å². The molecule has 24 heavy (non-hydrogen) atoms. The average molecular weight is 332 g/mol. The lowest BCUT2D eigenvalue weighted by atomic mass is 9.96. The molecule has 0 radical (unpaired) electrons. The molecule has 0 aliphatic carbocycles. The van der Waals surface area contributed by atoms with Gasteiger partial charge in [0.05, 0.1) is 13.2 Å². The normalized spacial score (nSPS) is 20.1. The van der Waals surface area contributed by atoms with Gasteiger partial charge in [-0.15, -0.1) is 0 Å². The number of rotatable bonds is 5. The molecule has 2 aliphatic heterocycles. The third-order valence-corrected chi connectivity index (χ3v) is 4.97. The van der Waals surface area contributed by atoms with E-state index in [1.54, 1.807) is 0 Å². The van der Waals surface area contributed by atoms with Crippen LogP contribution in [0.3, 0.4) is 0 Å². The van der Waals surface area contributed by atoms with Gasteiger partial charge < -0.3 is 14.4 Å². The van der Waals surface area contributed by atoms with E-state index in [-0.39, 0.29) is 12.5 Å². The number of nitrogens with zero attached hydrogens (tertiary/aromatic N) is 2. The maximum absolute atomic E-state index is 12.3. The minimum absolute atomic E-state index is 0.0976. The number of aryl methyl sites for hydroxylation is 1. The molecule has 132 valence electrons.